The van der Waals surface area contributed by atoms with Gasteiger partial charge in [-0.05, 0) is 49.4 Å². The second-order valence-electron chi connectivity index (χ2n) is 4.92. The van der Waals surface area contributed by atoms with E-state index in [2.05, 4.69) is 10.1 Å². The summed E-state index contributed by atoms with van der Waals surface area (Å²) in [4.78, 5) is 9.78. The zero-order chi connectivity index (χ0) is 14.7. The van der Waals surface area contributed by atoms with Gasteiger partial charge in [0.15, 0.2) is 5.84 Å². The highest BCUT2D eigenvalue weighted by atomic mass is 32.2. The summed E-state index contributed by atoms with van der Waals surface area (Å²) >= 11 is 1.51. The van der Waals surface area contributed by atoms with E-state index in [0.717, 1.165) is 28.5 Å². The summed E-state index contributed by atoms with van der Waals surface area (Å²) in [6.07, 6.45) is 7.82. The van der Waals surface area contributed by atoms with Gasteiger partial charge in [-0.2, -0.15) is 0 Å². The van der Waals surface area contributed by atoms with Crippen LogP contribution in [0.15, 0.2) is 45.7 Å². The smallest absolute Gasteiger partial charge is 0.172 e. The Morgan fingerprint density at radius 1 is 1.24 bits per heavy atom. The Balaban J connectivity index is 2.04. The van der Waals surface area contributed by atoms with Gasteiger partial charge in [0, 0.05) is 23.0 Å². The molecule has 0 spiro atoms. The summed E-state index contributed by atoms with van der Waals surface area (Å²) in [6, 6.07) is 5.85. The maximum atomic E-state index is 9.00. The van der Waals surface area contributed by atoms with Crippen molar-refractivity contribution in [2.75, 3.05) is 0 Å². The van der Waals surface area contributed by atoms with Crippen LogP contribution >= 0.6 is 11.8 Å². The zero-order valence-corrected chi connectivity index (χ0v) is 12.3. The molecule has 0 unspecified atom stereocenters. The number of fused-ring (bicyclic) bond motifs is 1. The molecule has 3 rings (SSSR count). The zero-order valence-electron chi connectivity index (χ0n) is 11.5. The molecule has 0 aromatic carbocycles. The van der Waals surface area contributed by atoms with Gasteiger partial charge in [0.1, 0.15) is 5.03 Å². The topological polar surface area (TPSA) is 84.4 Å². The Morgan fingerprint density at radius 3 is 2.76 bits per heavy atom. The van der Waals surface area contributed by atoms with Crippen LogP contribution in [0, 0.1) is 0 Å². The summed E-state index contributed by atoms with van der Waals surface area (Å²) < 4.78 is 0. The Morgan fingerprint density at radius 2 is 2.00 bits per heavy atom. The minimum absolute atomic E-state index is 0.104. The molecule has 0 fully saturated rings. The fraction of sp³-hybridized carbons (Fsp3) is 0.267. The summed E-state index contributed by atoms with van der Waals surface area (Å²) in [5, 5.41) is 12.9. The molecule has 5 nitrogen and oxygen atoms in total. The van der Waals surface area contributed by atoms with Gasteiger partial charge in [0.25, 0.3) is 0 Å². The molecule has 3 N–H and O–H groups in total. The number of rotatable bonds is 3. The highest BCUT2D eigenvalue weighted by molar-refractivity contribution is 7.99. The number of oxime groups is 1. The molecule has 2 heterocycles. The van der Waals surface area contributed by atoms with Crippen LogP contribution in [0.5, 0.6) is 0 Å². The molecule has 0 amide bonds. The van der Waals surface area contributed by atoms with Crippen molar-refractivity contribution in [3.8, 4) is 0 Å². The number of hydrogen-bond donors (Lipinski definition) is 2. The standard InChI is InChI=1S/C15H16N4OS/c16-14(19-20)12-9-10-3-1-2-4-13(10)18-15(12)21-11-5-7-17-8-6-11/h5-9,20H,1-4H2,(H2,16,19). The average molecular weight is 300 g/mol. The highest BCUT2D eigenvalue weighted by Gasteiger charge is 2.18. The van der Waals surface area contributed by atoms with Crippen molar-refractivity contribution in [1.29, 1.82) is 0 Å². The summed E-state index contributed by atoms with van der Waals surface area (Å²) in [7, 11) is 0. The molecule has 6 heteroatoms. The summed E-state index contributed by atoms with van der Waals surface area (Å²) in [5.74, 6) is 0.104. The molecule has 0 saturated carbocycles. The molecule has 21 heavy (non-hydrogen) atoms. The van der Waals surface area contributed by atoms with Crippen molar-refractivity contribution >= 4 is 17.6 Å². The van der Waals surface area contributed by atoms with Gasteiger partial charge in [0.05, 0.1) is 5.56 Å². The van der Waals surface area contributed by atoms with Crippen molar-refractivity contribution in [3.05, 3.63) is 47.4 Å². The molecular weight excluding hydrogens is 284 g/mol. The molecule has 1 aliphatic carbocycles. The minimum atomic E-state index is 0.104. The fourth-order valence-electron chi connectivity index (χ4n) is 2.45. The minimum Gasteiger partial charge on any atom is -0.409 e. The number of nitrogens with zero attached hydrogens (tertiary/aromatic N) is 3. The number of aryl methyl sites for hydroxylation is 2. The number of aromatic nitrogens is 2. The number of hydrogen-bond acceptors (Lipinski definition) is 5. The SMILES string of the molecule is N/C(=N/O)c1cc2c(nc1Sc1ccncc1)CCCC2. The third-order valence-electron chi connectivity index (χ3n) is 3.51. The van der Waals surface area contributed by atoms with Gasteiger partial charge in [-0.15, -0.1) is 0 Å². The van der Waals surface area contributed by atoms with Crippen LogP contribution in [0.4, 0.5) is 0 Å². The Labute approximate surface area is 127 Å². The predicted octanol–water partition coefficient (Wildman–Crippen LogP) is 2.60. The van der Waals surface area contributed by atoms with Crippen LogP contribution in [0.2, 0.25) is 0 Å². The van der Waals surface area contributed by atoms with Gasteiger partial charge < -0.3 is 10.9 Å². The first kappa shape index (κ1) is 13.9. The molecule has 2 aromatic rings. The fourth-order valence-corrected chi connectivity index (χ4v) is 3.36. The third-order valence-corrected chi connectivity index (χ3v) is 4.53. The first-order chi connectivity index (χ1) is 10.3. The average Bonchev–Trinajstić information content (AvgIpc) is 2.54. The van der Waals surface area contributed by atoms with E-state index < -0.39 is 0 Å². The molecule has 2 aromatic heterocycles. The van der Waals surface area contributed by atoms with Crippen LogP contribution < -0.4 is 5.73 Å². The van der Waals surface area contributed by atoms with Crippen LogP contribution in [-0.2, 0) is 12.8 Å². The predicted molar refractivity (Wildman–Crippen MR) is 81.7 cm³/mol. The van der Waals surface area contributed by atoms with Gasteiger partial charge in [-0.1, -0.05) is 16.9 Å². The molecule has 1 aliphatic rings. The van der Waals surface area contributed by atoms with E-state index in [-0.39, 0.29) is 5.84 Å². The first-order valence-corrected chi connectivity index (χ1v) is 7.68. The largest absolute Gasteiger partial charge is 0.409 e. The van der Waals surface area contributed by atoms with E-state index in [0.29, 0.717) is 5.56 Å². The van der Waals surface area contributed by atoms with Crippen LogP contribution in [0.3, 0.4) is 0 Å². The lowest BCUT2D eigenvalue weighted by atomic mass is 9.95. The van der Waals surface area contributed by atoms with Crippen molar-refractivity contribution in [3.63, 3.8) is 0 Å². The molecule has 0 atom stereocenters. The molecule has 0 aliphatic heterocycles. The second-order valence-corrected chi connectivity index (χ2v) is 5.99. The maximum Gasteiger partial charge on any atom is 0.172 e. The van der Waals surface area contributed by atoms with Gasteiger partial charge in [0.2, 0.25) is 0 Å². The normalized spacial score (nSPS) is 14.8. The van der Waals surface area contributed by atoms with Crippen LogP contribution in [0.25, 0.3) is 0 Å². The highest BCUT2D eigenvalue weighted by Crippen LogP contribution is 2.31. The monoisotopic (exact) mass is 300 g/mol. The third kappa shape index (κ3) is 3.00. The van der Waals surface area contributed by atoms with Crippen molar-refractivity contribution in [2.45, 2.75) is 35.6 Å². The summed E-state index contributed by atoms with van der Waals surface area (Å²) in [5.41, 5.74) is 8.85. The maximum absolute atomic E-state index is 9.00. The number of amidine groups is 1. The van der Waals surface area contributed by atoms with Crippen LogP contribution in [0.1, 0.15) is 29.7 Å². The Kier molecular flexibility index (Phi) is 4.06. The van der Waals surface area contributed by atoms with E-state index in [9.17, 15) is 0 Å². The van der Waals surface area contributed by atoms with Gasteiger partial charge in [-0.25, -0.2) is 4.98 Å². The van der Waals surface area contributed by atoms with Crippen LogP contribution in [-0.4, -0.2) is 21.0 Å². The molecule has 108 valence electrons. The summed E-state index contributed by atoms with van der Waals surface area (Å²) in [6.45, 7) is 0. The quantitative estimate of drug-likeness (QED) is 0.394. The van der Waals surface area contributed by atoms with Gasteiger partial charge in [-0.3, -0.25) is 4.98 Å². The molecule has 0 bridgehead atoms. The number of pyridine rings is 2. The van der Waals surface area contributed by atoms with E-state index in [1.54, 1.807) is 12.4 Å². The molecule has 0 radical (unpaired) electrons. The number of nitrogens with two attached hydrogens (primary N) is 1. The lowest BCUT2D eigenvalue weighted by molar-refractivity contribution is 0.318. The van der Waals surface area contributed by atoms with E-state index in [1.807, 2.05) is 18.2 Å². The first-order valence-electron chi connectivity index (χ1n) is 6.86. The lowest BCUT2D eigenvalue weighted by Crippen LogP contribution is -2.17. The van der Waals surface area contributed by atoms with E-state index in [1.165, 1.54) is 30.2 Å². The second kappa shape index (κ2) is 6.13. The van der Waals surface area contributed by atoms with E-state index >= 15 is 0 Å². The Hall–Kier alpha value is -2.08. The van der Waals surface area contributed by atoms with Crippen molar-refractivity contribution < 1.29 is 5.21 Å². The molecular formula is C15H16N4OS. The lowest BCUT2D eigenvalue weighted by Gasteiger charge is -2.18. The van der Waals surface area contributed by atoms with E-state index in [4.69, 9.17) is 15.9 Å². The van der Waals surface area contributed by atoms with Crippen molar-refractivity contribution in [2.24, 2.45) is 10.9 Å². The Bertz CT molecular complexity index is 673. The van der Waals surface area contributed by atoms with Gasteiger partial charge >= 0.3 is 0 Å². The molecule has 0 saturated heterocycles. The van der Waals surface area contributed by atoms with Crippen molar-refractivity contribution in [1.82, 2.24) is 9.97 Å².